The van der Waals surface area contributed by atoms with Gasteiger partial charge in [-0.05, 0) is 70.1 Å². The molecule has 1 atom stereocenters. The van der Waals surface area contributed by atoms with Crippen LogP contribution < -0.4 is 10.1 Å². The summed E-state index contributed by atoms with van der Waals surface area (Å²) in [5, 5.41) is 3.13. The predicted molar refractivity (Wildman–Crippen MR) is 103 cm³/mol. The topological polar surface area (TPSA) is 79.0 Å². The van der Waals surface area contributed by atoms with E-state index in [-0.39, 0.29) is 29.3 Å². The number of benzene rings is 1. The molecule has 150 valence electrons. The number of likely N-dealkylation sites (tertiary alicyclic amines) is 1. The molecule has 2 aliphatic rings. The molecule has 0 radical (unpaired) electrons. The lowest BCUT2D eigenvalue weighted by atomic mass is 9.97. The van der Waals surface area contributed by atoms with Gasteiger partial charge in [0.1, 0.15) is 5.75 Å². The van der Waals surface area contributed by atoms with Gasteiger partial charge >= 0.3 is 0 Å². The normalized spacial score (nSPS) is 23.1. The van der Waals surface area contributed by atoms with E-state index in [4.69, 9.17) is 4.74 Å². The highest BCUT2D eigenvalue weighted by molar-refractivity contribution is 7.89. The van der Waals surface area contributed by atoms with Crippen molar-refractivity contribution < 1.29 is 17.9 Å². The molecule has 0 bridgehead atoms. The zero-order valence-corrected chi connectivity index (χ0v) is 16.9. The summed E-state index contributed by atoms with van der Waals surface area (Å²) in [6.07, 6.45) is 3.32. The average Bonchev–Trinajstić information content (AvgIpc) is 2.70. The van der Waals surface area contributed by atoms with E-state index in [1.165, 1.54) is 4.31 Å². The number of piperidine rings is 2. The third-order valence-electron chi connectivity index (χ3n) is 5.52. The van der Waals surface area contributed by atoms with Crippen molar-refractivity contribution in [2.45, 2.75) is 36.6 Å². The zero-order valence-electron chi connectivity index (χ0n) is 16.1. The van der Waals surface area contributed by atoms with E-state index in [1.54, 1.807) is 31.4 Å². The van der Waals surface area contributed by atoms with E-state index in [0.29, 0.717) is 18.7 Å². The Morgan fingerprint density at radius 3 is 2.41 bits per heavy atom. The maximum atomic E-state index is 12.9. The lowest BCUT2D eigenvalue weighted by molar-refractivity contribution is -0.127. The Morgan fingerprint density at radius 2 is 1.78 bits per heavy atom. The molecule has 1 aromatic rings. The van der Waals surface area contributed by atoms with Gasteiger partial charge < -0.3 is 15.0 Å². The molecule has 8 heteroatoms. The van der Waals surface area contributed by atoms with Crippen LogP contribution in [0, 0.1) is 5.92 Å². The second-order valence-electron chi connectivity index (χ2n) is 7.46. The Hall–Kier alpha value is -1.64. The molecule has 1 amide bonds. The molecule has 2 aliphatic heterocycles. The fourth-order valence-corrected chi connectivity index (χ4v) is 5.27. The predicted octanol–water partition coefficient (Wildman–Crippen LogP) is 1.31. The fourth-order valence-electron chi connectivity index (χ4n) is 3.74. The molecule has 3 rings (SSSR count). The second-order valence-corrected chi connectivity index (χ2v) is 9.40. The molecule has 1 unspecified atom stereocenters. The number of methoxy groups -OCH3 is 1. The first-order chi connectivity index (χ1) is 12.9. The molecule has 1 N–H and O–H groups in total. The van der Waals surface area contributed by atoms with Crippen molar-refractivity contribution in [1.82, 2.24) is 14.5 Å². The first-order valence-corrected chi connectivity index (χ1v) is 11.0. The zero-order chi connectivity index (χ0) is 19.4. The number of rotatable bonds is 5. The van der Waals surface area contributed by atoms with Crippen LogP contribution in [0.25, 0.3) is 0 Å². The third-order valence-corrected chi connectivity index (χ3v) is 7.40. The van der Waals surface area contributed by atoms with Crippen molar-refractivity contribution in [1.29, 1.82) is 0 Å². The summed E-state index contributed by atoms with van der Waals surface area (Å²) in [6, 6.07) is 6.58. The minimum atomic E-state index is -3.60. The van der Waals surface area contributed by atoms with E-state index >= 15 is 0 Å². The number of ether oxygens (including phenoxy) is 1. The van der Waals surface area contributed by atoms with E-state index in [9.17, 15) is 13.2 Å². The van der Waals surface area contributed by atoms with Gasteiger partial charge in [0.2, 0.25) is 15.9 Å². The quantitative estimate of drug-likeness (QED) is 0.813. The molecule has 0 spiro atoms. The van der Waals surface area contributed by atoms with E-state index in [0.717, 1.165) is 32.4 Å². The number of nitrogens with zero attached hydrogens (tertiary/aromatic N) is 2. The van der Waals surface area contributed by atoms with Crippen molar-refractivity contribution >= 4 is 15.9 Å². The summed E-state index contributed by atoms with van der Waals surface area (Å²) in [5.74, 6) is 0.314. The van der Waals surface area contributed by atoms with Gasteiger partial charge in [-0.3, -0.25) is 4.79 Å². The van der Waals surface area contributed by atoms with Crippen LogP contribution >= 0.6 is 0 Å². The van der Waals surface area contributed by atoms with Crippen LogP contribution in [-0.2, 0) is 14.8 Å². The molecule has 0 aromatic heterocycles. The van der Waals surface area contributed by atoms with Crippen LogP contribution in [0.2, 0.25) is 0 Å². The summed E-state index contributed by atoms with van der Waals surface area (Å²) in [7, 11) is 0.0251. The van der Waals surface area contributed by atoms with Gasteiger partial charge in [-0.1, -0.05) is 0 Å². The molecule has 1 aromatic carbocycles. The van der Waals surface area contributed by atoms with Gasteiger partial charge in [0.25, 0.3) is 0 Å². The van der Waals surface area contributed by atoms with Crippen molar-refractivity contribution in [2.24, 2.45) is 5.92 Å². The number of carbonyl (C=O) groups excluding carboxylic acids is 1. The van der Waals surface area contributed by atoms with Crippen LogP contribution in [0.4, 0.5) is 0 Å². The van der Waals surface area contributed by atoms with Crippen molar-refractivity contribution in [3.8, 4) is 5.75 Å². The summed E-state index contributed by atoms with van der Waals surface area (Å²) < 4.78 is 32.4. The van der Waals surface area contributed by atoms with E-state index in [1.807, 2.05) is 0 Å². The van der Waals surface area contributed by atoms with Crippen LogP contribution in [0.5, 0.6) is 5.75 Å². The van der Waals surface area contributed by atoms with Crippen molar-refractivity contribution in [3.05, 3.63) is 24.3 Å². The lowest BCUT2D eigenvalue weighted by Crippen LogP contribution is -2.49. The molecule has 27 heavy (non-hydrogen) atoms. The smallest absolute Gasteiger partial charge is 0.243 e. The maximum Gasteiger partial charge on any atom is 0.243 e. The maximum absolute atomic E-state index is 12.9. The Balaban J connectivity index is 1.63. The van der Waals surface area contributed by atoms with Gasteiger partial charge in [0.15, 0.2) is 0 Å². The van der Waals surface area contributed by atoms with Crippen LogP contribution in [0.15, 0.2) is 29.2 Å². The van der Waals surface area contributed by atoms with Crippen molar-refractivity contribution in [3.63, 3.8) is 0 Å². The Bertz CT molecular complexity index is 743. The van der Waals surface area contributed by atoms with Gasteiger partial charge in [-0.25, -0.2) is 8.42 Å². The van der Waals surface area contributed by atoms with Crippen LogP contribution in [0.3, 0.4) is 0 Å². The third kappa shape index (κ3) is 4.80. The summed E-state index contributed by atoms with van der Waals surface area (Å²) >= 11 is 0. The molecule has 7 nitrogen and oxygen atoms in total. The van der Waals surface area contributed by atoms with Gasteiger partial charge in [-0.2, -0.15) is 4.31 Å². The summed E-state index contributed by atoms with van der Waals surface area (Å²) in [4.78, 5) is 15.2. The number of sulfonamides is 1. The fraction of sp³-hybridized carbons (Fsp3) is 0.632. The minimum absolute atomic E-state index is 0.0146. The minimum Gasteiger partial charge on any atom is -0.497 e. The van der Waals surface area contributed by atoms with E-state index < -0.39 is 10.0 Å². The highest BCUT2D eigenvalue weighted by Crippen LogP contribution is 2.25. The molecule has 0 aliphatic carbocycles. The Morgan fingerprint density at radius 1 is 1.11 bits per heavy atom. The highest BCUT2D eigenvalue weighted by Gasteiger charge is 2.34. The number of hydrogen-bond donors (Lipinski definition) is 1. The summed E-state index contributed by atoms with van der Waals surface area (Å²) in [5.41, 5.74) is 0. The number of carbonyl (C=O) groups is 1. The first-order valence-electron chi connectivity index (χ1n) is 9.53. The van der Waals surface area contributed by atoms with Gasteiger partial charge in [0, 0.05) is 19.1 Å². The molecule has 2 saturated heterocycles. The lowest BCUT2D eigenvalue weighted by Gasteiger charge is -2.34. The van der Waals surface area contributed by atoms with Gasteiger partial charge in [0.05, 0.1) is 17.9 Å². The monoisotopic (exact) mass is 395 g/mol. The standard InChI is InChI=1S/C19H29N3O4S/c1-21-12-9-16(10-13-21)20-19(23)15-4-3-11-22(14-15)27(24,25)18-7-5-17(26-2)6-8-18/h5-8,15-16H,3-4,9-14H2,1-2H3,(H,20,23). The van der Waals surface area contributed by atoms with Crippen LogP contribution in [-0.4, -0.2) is 69.9 Å². The average molecular weight is 396 g/mol. The summed E-state index contributed by atoms with van der Waals surface area (Å²) in [6.45, 7) is 2.65. The highest BCUT2D eigenvalue weighted by atomic mass is 32.2. The molecular weight excluding hydrogens is 366 g/mol. The molecule has 2 fully saturated rings. The van der Waals surface area contributed by atoms with Crippen LogP contribution in [0.1, 0.15) is 25.7 Å². The Labute approximate surface area is 161 Å². The largest absolute Gasteiger partial charge is 0.497 e. The molecule has 2 heterocycles. The number of amides is 1. The Kier molecular flexibility index (Phi) is 6.39. The molecular formula is C19H29N3O4S. The molecule has 0 saturated carbocycles. The first kappa shape index (κ1) is 20.1. The van der Waals surface area contributed by atoms with Crippen molar-refractivity contribution in [2.75, 3.05) is 40.3 Å². The number of hydrogen-bond acceptors (Lipinski definition) is 5. The SMILES string of the molecule is COc1ccc(S(=O)(=O)N2CCCC(C(=O)NC3CCN(C)CC3)C2)cc1. The second kappa shape index (κ2) is 8.58. The number of nitrogens with one attached hydrogen (secondary N) is 1. The van der Waals surface area contributed by atoms with Gasteiger partial charge in [-0.15, -0.1) is 0 Å². The van der Waals surface area contributed by atoms with E-state index in [2.05, 4.69) is 17.3 Å².